The standard InChI is InChI=1S/C15H19FN2O2/c1-2-8-18(11-12-5-3-4-6-13(12)16)15(19)14-10-17-7-9-20-14/h2-6,14,17H,1,7-11H2. The molecule has 0 bridgehead atoms. The molecule has 1 saturated heterocycles. The lowest BCUT2D eigenvalue weighted by atomic mass is 10.1. The van der Waals surface area contributed by atoms with Crippen LogP contribution in [0.15, 0.2) is 36.9 Å². The van der Waals surface area contributed by atoms with Crippen molar-refractivity contribution in [1.82, 2.24) is 10.2 Å². The Morgan fingerprint density at radius 3 is 3.00 bits per heavy atom. The lowest BCUT2D eigenvalue weighted by Gasteiger charge is -2.29. The van der Waals surface area contributed by atoms with Crippen molar-refractivity contribution in [3.8, 4) is 0 Å². The van der Waals surface area contributed by atoms with Gasteiger partial charge in [-0.15, -0.1) is 6.58 Å². The van der Waals surface area contributed by atoms with E-state index < -0.39 is 6.10 Å². The van der Waals surface area contributed by atoms with E-state index in [-0.39, 0.29) is 18.3 Å². The number of nitrogens with zero attached hydrogens (tertiary/aromatic N) is 1. The Bertz CT molecular complexity index is 473. The molecule has 1 aliphatic heterocycles. The van der Waals surface area contributed by atoms with E-state index in [0.717, 1.165) is 6.54 Å². The summed E-state index contributed by atoms with van der Waals surface area (Å²) in [6.45, 7) is 5.99. The fraction of sp³-hybridized carbons (Fsp3) is 0.400. The molecule has 5 heteroatoms. The van der Waals surface area contributed by atoms with Gasteiger partial charge in [-0.2, -0.15) is 0 Å². The normalized spacial score (nSPS) is 18.6. The number of halogens is 1. The Balaban J connectivity index is 2.08. The minimum Gasteiger partial charge on any atom is -0.366 e. The summed E-state index contributed by atoms with van der Waals surface area (Å²) < 4.78 is 19.1. The zero-order chi connectivity index (χ0) is 14.4. The van der Waals surface area contributed by atoms with Crippen molar-refractivity contribution in [2.45, 2.75) is 12.6 Å². The van der Waals surface area contributed by atoms with Gasteiger partial charge in [0.25, 0.3) is 5.91 Å². The summed E-state index contributed by atoms with van der Waals surface area (Å²) in [4.78, 5) is 14.0. The maximum absolute atomic E-state index is 13.7. The van der Waals surface area contributed by atoms with Crippen LogP contribution in [0.1, 0.15) is 5.56 Å². The third kappa shape index (κ3) is 3.65. The van der Waals surface area contributed by atoms with Crippen LogP contribution in [0.4, 0.5) is 4.39 Å². The summed E-state index contributed by atoms with van der Waals surface area (Å²) in [5.74, 6) is -0.447. The summed E-state index contributed by atoms with van der Waals surface area (Å²) in [5, 5.41) is 3.12. The second-order valence-corrected chi connectivity index (χ2v) is 4.66. The topological polar surface area (TPSA) is 41.6 Å². The van der Waals surface area contributed by atoms with Crippen LogP contribution in [0.3, 0.4) is 0 Å². The first-order chi connectivity index (χ1) is 9.72. The molecule has 20 heavy (non-hydrogen) atoms. The van der Waals surface area contributed by atoms with Crippen LogP contribution in [-0.2, 0) is 16.1 Å². The zero-order valence-corrected chi connectivity index (χ0v) is 11.3. The fourth-order valence-corrected chi connectivity index (χ4v) is 2.15. The quantitative estimate of drug-likeness (QED) is 0.826. The Morgan fingerprint density at radius 2 is 2.35 bits per heavy atom. The molecule has 1 N–H and O–H groups in total. The van der Waals surface area contributed by atoms with Gasteiger partial charge >= 0.3 is 0 Å². The Labute approximate surface area is 118 Å². The number of hydrogen-bond acceptors (Lipinski definition) is 3. The lowest BCUT2D eigenvalue weighted by Crippen LogP contribution is -2.49. The molecule has 0 spiro atoms. The molecular weight excluding hydrogens is 259 g/mol. The van der Waals surface area contributed by atoms with Crippen molar-refractivity contribution in [3.63, 3.8) is 0 Å². The lowest BCUT2D eigenvalue weighted by molar-refractivity contribution is -0.145. The number of carbonyl (C=O) groups excluding carboxylic acids is 1. The average Bonchev–Trinajstić information content (AvgIpc) is 2.49. The van der Waals surface area contributed by atoms with Crippen molar-refractivity contribution in [2.75, 3.05) is 26.2 Å². The molecule has 1 aromatic carbocycles. The molecule has 0 aromatic heterocycles. The third-order valence-corrected chi connectivity index (χ3v) is 3.18. The van der Waals surface area contributed by atoms with Crippen molar-refractivity contribution in [2.24, 2.45) is 0 Å². The van der Waals surface area contributed by atoms with Gasteiger partial charge in [-0.3, -0.25) is 4.79 Å². The molecule has 1 fully saturated rings. The van der Waals surface area contributed by atoms with E-state index in [9.17, 15) is 9.18 Å². The first kappa shape index (κ1) is 14.7. The monoisotopic (exact) mass is 278 g/mol. The highest BCUT2D eigenvalue weighted by Crippen LogP contribution is 2.12. The van der Waals surface area contributed by atoms with E-state index in [2.05, 4.69) is 11.9 Å². The fourth-order valence-electron chi connectivity index (χ4n) is 2.15. The van der Waals surface area contributed by atoms with Crippen molar-refractivity contribution in [3.05, 3.63) is 48.3 Å². The molecule has 1 atom stereocenters. The minimum atomic E-state index is -0.504. The average molecular weight is 278 g/mol. The first-order valence-corrected chi connectivity index (χ1v) is 6.67. The summed E-state index contributed by atoms with van der Waals surface area (Å²) in [6, 6.07) is 6.46. The van der Waals surface area contributed by atoms with Crippen LogP contribution >= 0.6 is 0 Å². The molecule has 1 heterocycles. The molecule has 0 radical (unpaired) electrons. The van der Waals surface area contributed by atoms with Crippen LogP contribution in [-0.4, -0.2) is 43.2 Å². The molecule has 2 rings (SSSR count). The maximum Gasteiger partial charge on any atom is 0.253 e. The molecule has 0 saturated carbocycles. The highest BCUT2D eigenvalue weighted by molar-refractivity contribution is 5.81. The molecular formula is C15H19FN2O2. The van der Waals surface area contributed by atoms with Gasteiger partial charge in [0.2, 0.25) is 0 Å². The highest BCUT2D eigenvalue weighted by atomic mass is 19.1. The van der Waals surface area contributed by atoms with Gasteiger partial charge in [0.05, 0.1) is 6.61 Å². The van der Waals surface area contributed by atoms with Gasteiger partial charge in [0.15, 0.2) is 0 Å². The molecule has 0 aliphatic carbocycles. The maximum atomic E-state index is 13.7. The predicted octanol–water partition coefficient (Wildman–Crippen LogP) is 1.33. The molecule has 1 amide bonds. The van der Waals surface area contributed by atoms with E-state index in [1.54, 1.807) is 29.2 Å². The number of morpholine rings is 1. The molecule has 1 aromatic rings. The van der Waals surface area contributed by atoms with E-state index in [4.69, 9.17) is 4.74 Å². The summed E-state index contributed by atoms with van der Waals surface area (Å²) in [5.41, 5.74) is 0.492. The molecule has 4 nitrogen and oxygen atoms in total. The van der Waals surface area contributed by atoms with Crippen molar-refractivity contribution in [1.29, 1.82) is 0 Å². The third-order valence-electron chi connectivity index (χ3n) is 3.18. The first-order valence-electron chi connectivity index (χ1n) is 6.67. The van der Waals surface area contributed by atoms with Crippen LogP contribution in [0.2, 0.25) is 0 Å². The Morgan fingerprint density at radius 1 is 1.55 bits per heavy atom. The van der Waals surface area contributed by atoms with Gasteiger partial charge < -0.3 is 15.0 Å². The SMILES string of the molecule is C=CCN(Cc1ccccc1F)C(=O)C1CNCCO1. The molecule has 108 valence electrons. The summed E-state index contributed by atoms with van der Waals surface area (Å²) in [7, 11) is 0. The van der Waals surface area contributed by atoms with Gasteiger partial charge in [-0.25, -0.2) is 4.39 Å². The number of nitrogens with one attached hydrogen (secondary N) is 1. The number of amides is 1. The van der Waals surface area contributed by atoms with Crippen LogP contribution in [0.5, 0.6) is 0 Å². The second-order valence-electron chi connectivity index (χ2n) is 4.66. The smallest absolute Gasteiger partial charge is 0.253 e. The van der Waals surface area contributed by atoms with E-state index in [0.29, 0.717) is 25.3 Å². The predicted molar refractivity (Wildman–Crippen MR) is 74.6 cm³/mol. The number of rotatable bonds is 5. The Hall–Kier alpha value is -1.72. The number of ether oxygens (including phenoxy) is 1. The number of carbonyl (C=O) groups is 1. The van der Waals surface area contributed by atoms with E-state index in [1.807, 2.05) is 0 Å². The zero-order valence-electron chi connectivity index (χ0n) is 11.3. The van der Waals surface area contributed by atoms with Crippen molar-refractivity contribution >= 4 is 5.91 Å². The van der Waals surface area contributed by atoms with Crippen LogP contribution in [0, 0.1) is 5.82 Å². The molecule has 1 unspecified atom stereocenters. The minimum absolute atomic E-state index is 0.139. The van der Waals surface area contributed by atoms with Gasteiger partial charge in [-0.1, -0.05) is 24.3 Å². The summed E-state index contributed by atoms with van der Waals surface area (Å²) in [6.07, 6.45) is 1.13. The van der Waals surface area contributed by atoms with E-state index >= 15 is 0 Å². The van der Waals surface area contributed by atoms with Gasteiger partial charge in [0, 0.05) is 31.7 Å². The second kappa shape index (κ2) is 7.17. The number of benzene rings is 1. The highest BCUT2D eigenvalue weighted by Gasteiger charge is 2.26. The summed E-state index contributed by atoms with van der Waals surface area (Å²) >= 11 is 0. The van der Waals surface area contributed by atoms with Crippen molar-refractivity contribution < 1.29 is 13.9 Å². The largest absolute Gasteiger partial charge is 0.366 e. The van der Waals surface area contributed by atoms with Crippen LogP contribution < -0.4 is 5.32 Å². The van der Waals surface area contributed by atoms with Gasteiger partial charge in [0.1, 0.15) is 11.9 Å². The van der Waals surface area contributed by atoms with E-state index in [1.165, 1.54) is 6.07 Å². The molecule has 1 aliphatic rings. The Kier molecular flexibility index (Phi) is 5.26. The van der Waals surface area contributed by atoms with Gasteiger partial charge in [-0.05, 0) is 6.07 Å². The number of hydrogen-bond donors (Lipinski definition) is 1. The van der Waals surface area contributed by atoms with Crippen LogP contribution in [0.25, 0.3) is 0 Å².